The van der Waals surface area contributed by atoms with E-state index in [1.807, 2.05) is 0 Å². The Morgan fingerprint density at radius 2 is 2.29 bits per heavy atom. The molecule has 0 aromatic carbocycles. The number of H-pyrrole nitrogens is 1. The maximum absolute atomic E-state index is 11.0. The Labute approximate surface area is 99.2 Å². The Bertz CT molecular complexity index is 587. The van der Waals surface area contributed by atoms with Crippen molar-refractivity contribution in [1.82, 2.24) is 15.0 Å². The Kier molecular flexibility index (Phi) is 3.12. The van der Waals surface area contributed by atoms with Crippen LogP contribution in [-0.2, 0) is 9.84 Å². The van der Waals surface area contributed by atoms with Crippen LogP contribution in [0.4, 0.5) is 0 Å². The van der Waals surface area contributed by atoms with Crippen LogP contribution in [0.15, 0.2) is 18.5 Å². The number of nitrogens with zero attached hydrogens (tertiary/aromatic N) is 2. The van der Waals surface area contributed by atoms with Gasteiger partial charge in [0.15, 0.2) is 0 Å². The summed E-state index contributed by atoms with van der Waals surface area (Å²) in [5, 5.41) is 0. The number of aromatic amines is 1. The van der Waals surface area contributed by atoms with E-state index in [1.54, 1.807) is 18.5 Å². The number of nitrogens with two attached hydrogens (primary N) is 1. The number of nitrogens with one attached hydrogen (secondary N) is 1. The van der Waals surface area contributed by atoms with E-state index in [0.717, 1.165) is 11.0 Å². The SMILES string of the molecule is CS(=O)(=O)CCC(N)c1nc2ccncc2[nH]1. The van der Waals surface area contributed by atoms with Crippen molar-refractivity contribution in [2.45, 2.75) is 12.5 Å². The van der Waals surface area contributed by atoms with Crippen molar-refractivity contribution in [2.24, 2.45) is 5.73 Å². The number of imidazole rings is 1. The van der Waals surface area contributed by atoms with Crippen LogP contribution >= 0.6 is 0 Å². The second-order valence-electron chi connectivity index (χ2n) is 4.04. The molecule has 6 nitrogen and oxygen atoms in total. The average Bonchev–Trinajstić information content (AvgIpc) is 2.68. The van der Waals surface area contributed by atoms with Gasteiger partial charge in [-0.15, -0.1) is 0 Å². The van der Waals surface area contributed by atoms with E-state index in [0.29, 0.717) is 12.2 Å². The molecule has 0 aliphatic carbocycles. The summed E-state index contributed by atoms with van der Waals surface area (Å²) in [5.41, 5.74) is 7.47. The standard InChI is InChI=1S/C10H14N4O2S/c1-17(15,16)5-3-7(11)10-13-8-2-4-12-6-9(8)14-10/h2,4,6-7H,3,5,11H2,1H3,(H,13,14). The fourth-order valence-corrected chi connectivity index (χ4v) is 2.21. The lowest BCUT2D eigenvalue weighted by molar-refractivity contribution is 0.588. The molecule has 7 heteroatoms. The van der Waals surface area contributed by atoms with Crippen molar-refractivity contribution in [2.75, 3.05) is 12.0 Å². The fraction of sp³-hybridized carbons (Fsp3) is 0.400. The van der Waals surface area contributed by atoms with Crippen molar-refractivity contribution >= 4 is 20.9 Å². The van der Waals surface area contributed by atoms with Gasteiger partial charge in [-0.25, -0.2) is 13.4 Å². The Hall–Kier alpha value is -1.47. The van der Waals surface area contributed by atoms with E-state index in [9.17, 15) is 8.42 Å². The smallest absolute Gasteiger partial charge is 0.147 e. The van der Waals surface area contributed by atoms with Crippen molar-refractivity contribution < 1.29 is 8.42 Å². The van der Waals surface area contributed by atoms with E-state index in [4.69, 9.17) is 5.73 Å². The molecule has 3 N–H and O–H groups in total. The van der Waals surface area contributed by atoms with E-state index in [2.05, 4.69) is 15.0 Å². The minimum atomic E-state index is -2.99. The topological polar surface area (TPSA) is 102 Å². The summed E-state index contributed by atoms with van der Waals surface area (Å²) in [6.45, 7) is 0. The van der Waals surface area contributed by atoms with Crippen LogP contribution in [0, 0.1) is 0 Å². The number of rotatable bonds is 4. The molecule has 2 aromatic rings. The van der Waals surface area contributed by atoms with Gasteiger partial charge in [-0.2, -0.15) is 0 Å². The molecule has 2 aromatic heterocycles. The normalized spacial score (nSPS) is 14.0. The minimum absolute atomic E-state index is 0.0590. The van der Waals surface area contributed by atoms with E-state index in [1.165, 1.54) is 6.26 Å². The van der Waals surface area contributed by atoms with Crippen molar-refractivity contribution in [1.29, 1.82) is 0 Å². The predicted octanol–water partition coefficient (Wildman–Crippen LogP) is 0.392. The minimum Gasteiger partial charge on any atom is -0.339 e. The van der Waals surface area contributed by atoms with E-state index in [-0.39, 0.29) is 5.75 Å². The van der Waals surface area contributed by atoms with E-state index >= 15 is 0 Å². The molecule has 17 heavy (non-hydrogen) atoms. The molecular formula is C10H14N4O2S. The Morgan fingerprint density at radius 3 is 2.94 bits per heavy atom. The maximum atomic E-state index is 11.0. The van der Waals surface area contributed by atoms with Crippen LogP contribution in [0.2, 0.25) is 0 Å². The number of fused-ring (bicyclic) bond motifs is 1. The van der Waals surface area contributed by atoms with Gasteiger partial charge in [0, 0.05) is 12.5 Å². The molecule has 1 unspecified atom stereocenters. The van der Waals surface area contributed by atoms with Gasteiger partial charge in [0.25, 0.3) is 0 Å². The number of pyridine rings is 1. The van der Waals surface area contributed by atoms with Gasteiger partial charge in [-0.3, -0.25) is 4.98 Å². The first-order valence-corrected chi connectivity index (χ1v) is 7.25. The highest BCUT2D eigenvalue weighted by Gasteiger charge is 2.13. The third kappa shape index (κ3) is 3.01. The van der Waals surface area contributed by atoms with Gasteiger partial charge >= 0.3 is 0 Å². The van der Waals surface area contributed by atoms with Crippen molar-refractivity contribution in [3.05, 3.63) is 24.3 Å². The zero-order chi connectivity index (χ0) is 12.5. The highest BCUT2D eigenvalue weighted by atomic mass is 32.2. The molecule has 1 atom stereocenters. The first-order chi connectivity index (χ1) is 7.96. The number of aromatic nitrogens is 3. The zero-order valence-electron chi connectivity index (χ0n) is 9.42. The molecule has 0 saturated heterocycles. The summed E-state index contributed by atoms with van der Waals surface area (Å²) >= 11 is 0. The summed E-state index contributed by atoms with van der Waals surface area (Å²) < 4.78 is 22.1. The molecule has 0 fully saturated rings. The molecule has 0 aliphatic rings. The van der Waals surface area contributed by atoms with E-state index < -0.39 is 15.9 Å². The summed E-state index contributed by atoms with van der Waals surface area (Å²) in [6.07, 6.45) is 4.86. The first kappa shape index (κ1) is 12.0. The predicted molar refractivity (Wildman–Crippen MR) is 65.1 cm³/mol. The third-order valence-corrected chi connectivity index (χ3v) is 3.43. The lowest BCUT2D eigenvalue weighted by Gasteiger charge is -2.06. The van der Waals surface area contributed by atoms with Crippen LogP contribution in [-0.4, -0.2) is 35.4 Å². The second kappa shape index (κ2) is 4.42. The quantitative estimate of drug-likeness (QED) is 0.822. The fourth-order valence-electron chi connectivity index (χ4n) is 1.53. The monoisotopic (exact) mass is 254 g/mol. The highest BCUT2D eigenvalue weighted by Crippen LogP contribution is 2.16. The lowest BCUT2D eigenvalue weighted by atomic mass is 10.2. The van der Waals surface area contributed by atoms with Crippen molar-refractivity contribution in [3.63, 3.8) is 0 Å². The molecule has 92 valence electrons. The summed E-state index contributed by atoms with van der Waals surface area (Å²) in [5.74, 6) is 0.653. The van der Waals surface area contributed by atoms with Crippen LogP contribution in [0.5, 0.6) is 0 Å². The van der Waals surface area contributed by atoms with Gasteiger partial charge < -0.3 is 10.7 Å². The van der Waals surface area contributed by atoms with Crippen LogP contribution < -0.4 is 5.73 Å². The average molecular weight is 254 g/mol. The van der Waals surface area contributed by atoms with Crippen molar-refractivity contribution in [3.8, 4) is 0 Å². The van der Waals surface area contributed by atoms with Crippen LogP contribution in [0.3, 0.4) is 0 Å². The highest BCUT2D eigenvalue weighted by molar-refractivity contribution is 7.90. The lowest BCUT2D eigenvalue weighted by Crippen LogP contribution is -2.16. The number of hydrogen-bond acceptors (Lipinski definition) is 5. The van der Waals surface area contributed by atoms with Crippen LogP contribution in [0.25, 0.3) is 11.0 Å². The summed E-state index contributed by atoms with van der Waals surface area (Å²) in [6, 6.07) is 1.37. The number of hydrogen-bond donors (Lipinski definition) is 2. The van der Waals surface area contributed by atoms with Crippen LogP contribution in [0.1, 0.15) is 18.3 Å². The molecule has 0 saturated carbocycles. The molecule has 0 spiro atoms. The zero-order valence-corrected chi connectivity index (χ0v) is 10.2. The molecular weight excluding hydrogens is 240 g/mol. The van der Waals surface area contributed by atoms with Gasteiger partial charge in [0.1, 0.15) is 15.7 Å². The van der Waals surface area contributed by atoms with Gasteiger partial charge in [0.2, 0.25) is 0 Å². The number of sulfone groups is 1. The summed E-state index contributed by atoms with van der Waals surface area (Å²) in [4.78, 5) is 11.3. The van der Waals surface area contributed by atoms with Gasteiger partial charge in [-0.1, -0.05) is 0 Å². The molecule has 2 rings (SSSR count). The first-order valence-electron chi connectivity index (χ1n) is 5.18. The molecule has 0 aliphatic heterocycles. The Balaban J connectivity index is 2.16. The molecule has 0 amide bonds. The summed E-state index contributed by atoms with van der Waals surface area (Å²) in [7, 11) is -2.99. The Morgan fingerprint density at radius 1 is 1.53 bits per heavy atom. The third-order valence-electron chi connectivity index (χ3n) is 2.45. The van der Waals surface area contributed by atoms with Gasteiger partial charge in [-0.05, 0) is 12.5 Å². The molecule has 0 radical (unpaired) electrons. The molecule has 0 bridgehead atoms. The van der Waals surface area contributed by atoms with Gasteiger partial charge in [0.05, 0.1) is 29.0 Å². The molecule has 2 heterocycles. The largest absolute Gasteiger partial charge is 0.339 e. The second-order valence-corrected chi connectivity index (χ2v) is 6.30. The maximum Gasteiger partial charge on any atom is 0.147 e.